The van der Waals surface area contributed by atoms with Gasteiger partial charge in [0.1, 0.15) is 5.75 Å². The third kappa shape index (κ3) is 3.30. The van der Waals surface area contributed by atoms with E-state index in [2.05, 4.69) is 5.32 Å². The fourth-order valence-corrected chi connectivity index (χ4v) is 1.20. The van der Waals surface area contributed by atoms with Crippen LogP contribution in [0.2, 0.25) is 0 Å². The van der Waals surface area contributed by atoms with Crippen LogP contribution in [0.1, 0.15) is 11.1 Å². The Morgan fingerprint density at radius 3 is 2.77 bits per heavy atom. The van der Waals surface area contributed by atoms with E-state index in [1.54, 1.807) is 12.1 Å². The van der Waals surface area contributed by atoms with E-state index in [1.807, 2.05) is 32.2 Å². The standard InChI is InChI=1S/C11H15NO/c1-9-6-10(4-3-5-12-2)8-11(13)7-9/h3-4,6-8,12-13H,5H2,1-2H3. The molecule has 0 amide bonds. The predicted octanol–water partition coefficient (Wildman–Crippen LogP) is 1.93. The van der Waals surface area contributed by atoms with Crippen molar-refractivity contribution in [2.75, 3.05) is 13.6 Å². The van der Waals surface area contributed by atoms with Crippen LogP contribution in [0.4, 0.5) is 0 Å². The average molecular weight is 177 g/mol. The molecule has 70 valence electrons. The lowest BCUT2D eigenvalue weighted by Crippen LogP contribution is -2.03. The van der Waals surface area contributed by atoms with Crippen molar-refractivity contribution in [3.63, 3.8) is 0 Å². The lowest BCUT2D eigenvalue weighted by atomic mass is 10.1. The summed E-state index contributed by atoms with van der Waals surface area (Å²) in [5, 5.41) is 12.3. The molecule has 2 nitrogen and oxygen atoms in total. The first-order valence-electron chi connectivity index (χ1n) is 4.34. The minimum atomic E-state index is 0.323. The predicted molar refractivity (Wildman–Crippen MR) is 55.8 cm³/mol. The van der Waals surface area contributed by atoms with Crippen LogP contribution >= 0.6 is 0 Å². The number of rotatable bonds is 3. The molecule has 0 spiro atoms. The van der Waals surface area contributed by atoms with Crippen LogP contribution in [0.5, 0.6) is 5.75 Å². The molecule has 0 bridgehead atoms. The van der Waals surface area contributed by atoms with Crippen molar-refractivity contribution in [2.45, 2.75) is 6.92 Å². The number of hydrogen-bond acceptors (Lipinski definition) is 2. The van der Waals surface area contributed by atoms with Gasteiger partial charge in [-0.05, 0) is 37.2 Å². The largest absolute Gasteiger partial charge is 0.508 e. The molecule has 0 heterocycles. The fourth-order valence-electron chi connectivity index (χ4n) is 1.20. The molecule has 13 heavy (non-hydrogen) atoms. The summed E-state index contributed by atoms with van der Waals surface area (Å²) in [7, 11) is 1.90. The summed E-state index contributed by atoms with van der Waals surface area (Å²) < 4.78 is 0. The van der Waals surface area contributed by atoms with Gasteiger partial charge in [-0.1, -0.05) is 18.2 Å². The van der Waals surface area contributed by atoms with Crippen molar-refractivity contribution >= 4 is 6.08 Å². The Kier molecular flexibility index (Phi) is 3.53. The van der Waals surface area contributed by atoms with E-state index in [0.717, 1.165) is 17.7 Å². The molecule has 1 rings (SSSR count). The van der Waals surface area contributed by atoms with Crippen LogP contribution in [0.15, 0.2) is 24.3 Å². The molecule has 0 aliphatic heterocycles. The number of likely N-dealkylation sites (N-methyl/N-ethyl adjacent to an activating group) is 1. The molecule has 0 radical (unpaired) electrons. The molecule has 0 unspecified atom stereocenters. The van der Waals surface area contributed by atoms with Crippen molar-refractivity contribution in [3.05, 3.63) is 35.4 Å². The number of benzene rings is 1. The van der Waals surface area contributed by atoms with E-state index >= 15 is 0 Å². The van der Waals surface area contributed by atoms with Gasteiger partial charge in [-0.3, -0.25) is 0 Å². The van der Waals surface area contributed by atoms with Gasteiger partial charge in [0.25, 0.3) is 0 Å². The molecule has 2 N–H and O–H groups in total. The van der Waals surface area contributed by atoms with E-state index in [1.165, 1.54) is 0 Å². The van der Waals surface area contributed by atoms with E-state index in [-0.39, 0.29) is 0 Å². The van der Waals surface area contributed by atoms with Gasteiger partial charge in [-0.2, -0.15) is 0 Å². The normalized spacial score (nSPS) is 10.9. The Morgan fingerprint density at radius 2 is 2.15 bits per heavy atom. The number of nitrogens with one attached hydrogen (secondary N) is 1. The second-order valence-corrected chi connectivity index (χ2v) is 3.06. The highest BCUT2D eigenvalue weighted by Crippen LogP contribution is 2.15. The quantitative estimate of drug-likeness (QED) is 0.739. The highest BCUT2D eigenvalue weighted by molar-refractivity contribution is 5.53. The van der Waals surface area contributed by atoms with Crippen molar-refractivity contribution in [1.82, 2.24) is 5.32 Å². The molecule has 0 saturated carbocycles. The number of phenolic OH excluding ortho intramolecular Hbond substituents is 1. The number of phenols is 1. The van der Waals surface area contributed by atoms with Gasteiger partial charge in [0.2, 0.25) is 0 Å². The third-order valence-electron chi connectivity index (χ3n) is 1.72. The van der Waals surface area contributed by atoms with E-state index < -0.39 is 0 Å². The second-order valence-electron chi connectivity index (χ2n) is 3.06. The first-order valence-corrected chi connectivity index (χ1v) is 4.34. The summed E-state index contributed by atoms with van der Waals surface area (Å²) >= 11 is 0. The lowest BCUT2D eigenvalue weighted by Gasteiger charge is -1.98. The fraction of sp³-hybridized carbons (Fsp3) is 0.273. The molecule has 0 aliphatic rings. The van der Waals surface area contributed by atoms with Gasteiger partial charge in [-0.25, -0.2) is 0 Å². The highest BCUT2D eigenvalue weighted by atomic mass is 16.3. The van der Waals surface area contributed by atoms with Crippen LogP contribution in [0.25, 0.3) is 6.08 Å². The minimum Gasteiger partial charge on any atom is -0.508 e. The Labute approximate surface area is 78.9 Å². The van der Waals surface area contributed by atoms with Gasteiger partial charge >= 0.3 is 0 Å². The maximum atomic E-state index is 9.30. The van der Waals surface area contributed by atoms with E-state index in [9.17, 15) is 5.11 Å². The summed E-state index contributed by atoms with van der Waals surface area (Å²) in [5.74, 6) is 0.323. The Bertz CT molecular complexity index is 285. The molecular weight excluding hydrogens is 162 g/mol. The maximum absolute atomic E-state index is 9.30. The van der Waals surface area contributed by atoms with Crippen LogP contribution < -0.4 is 5.32 Å². The van der Waals surface area contributed by atoms with Crippen LogP contribution in [-0.4, -0.2) is 18.7 Å². The van der Waals surface area contributed by atoms with E-state index in [4.69, 9.17) is 0 Å². The summed E-state index contributed by atoms with van der Waals surface area (Å²) in [4.78, 5) is 0. The first kappa shape index (κ1) is 9.81. The minimum absolute atomic E-state index is 0.323. The van der Waals surface area contributed by atoms with Crippen LogP contribution in [-0.2, 0) is 0 Å². The zero-order chi connectivity index (χ0) is 9.68. The van der Waals surface area contributed by atoms with Crippen molar-refractivity contribution in [1.29, 1.82) is 0 Å². The van der Waals surface area contributed by atoms with Gasteiger partial charge in [0.15, 0.2) is 0 Å². The number of aromatic hydroxyl groups is 1. The van der Waals surface area contributed by atoms with Crippen molar-refractivity contribution < 1.29 is 5.11 Å². The Morgan fingerprint density at radius 1 is 1.38 bits per heavy atom. The molecule has 2 heteroatoms. The average Bonchev–Trinajstić information content (AvgIpc) is 2.03. The van der Waals surface area contributed by atoms with Gasteiger partial charge in [0.05, 0.1) is 0 Å². The van der Waals surface area contributed by atoms with E-state index in [0.29, 0.717) is 5.75 Å². The summed E-state index contributed by atoms with van der Waals surface area (Å²) in [5.41, 5.74) is 2.11. The highest BCUT2D eigenvalue weighted by Gasteiger charge is 1.92. The summed E-state index contributed by atoms with van der Waals surface area (Å²) in [6.07, 6.45) is 4.01. The van der Waals surface area contributed by atoms with Crippen LogP contribution in [0.3, 0.4) is 0 Å². The molecule has 0 atom stereocenters. The molecule has 0 fully saturated rings. The molecule has 1 aromatic rings. The Balaban J connectivity index is 2.77. The van der Waals surface area contributed by atoms with Crippen molar-refractivity contribution in [3.8, 4) is 5.75 Å². The SMILES string of the molecule is CNCC=Cc1cc(C)cc(O)c1. The zero-order valence-electron chi connectivity index (χ0n) is 8.04. The van der Waals surface area contributed by atoms with Gasteiger partial charge in [0, 0.05) is 6.54 Å². The molecule has 0 saturated heterocycles. The van der Waals surface area contributed by atoms with Crippen LogP contribution in [0, 0.1) is 6.92 Å². The van der Waals surface area contributed by atoms with Gasteiger partial charge < -0.3 is 10.4 Å². The first-order chi connectivity index (χ1) is 6.22. The molecule has 1 aromatic carbocycles. The molecular formula is C11H15NO. The number of hydrogen-bond donors (Lipinski definition) is 2. The zero-order valence-corrected chi connectivity index (χ0v) is 8.04. The number of aryl methyl sites for hydroxylation is 1. The lowest BCUT2D eigenvalue weighted by molar-refractivity contribution is 0.475. The summed E-state index contributed by atoms with van der Waals surface area (Å²) in [6, 6.07) is 5.53. The smallest absolute Gasteiger partial charge is 0.116 e. The third-order valence-corrected chi connectivity index (χ3v) is 1.72. The topological polar surface area (TPSA) is 32.3 Å². The summed E-state index contributed by atoms with van der Waals surface area (Å²) in [6.45, 7) is 2.81. The molecule has 0 aliphatic carbocycles. The second kappa shape index (κ2) is 4.67. The maximum Gasteiger partial charge on any atom is 0.116 e. The monoisotopic (exact) mass is 177 g/mol. The Hall–Kier alpha value is -1.28. The van der Waals surface area contributed by atoms with Crippen molar-refractivity contribution in [2.24, 2.45) is 0 Å². The molecule has 0 aromatic heterocycles. The van der Waals surface area contributed by atoms with Gasteiger partial charge in [-0.15, -0.1) is 0 Å².